The van der Waals surface area contributed by atoms with Crippen LogP contribution in [0.15, 0.2) is 237 Å². The van der Waals surface area contributed by atoms with Crippen molar-refractivity contribution in [2.45, 2.75) is 6.92 Å². The Morgan fingerprint density at radius 3 is 0.703 bits per heavy atom. The third-order valence-corrected chi connectivity index (χ3v) is 15.7. The fourth-order valence-corrected chi connectivity index (χ4v) is 12.8. The highest BCUT2D eigenvalue weighted by Gasteiger charge is 2.36. The molecule has 5 heterocycles. The number of fused-ring (bicyclic) bond motifs is 15. The van der Waals surface area contributed by atoms with E-state index in [1.54, 1.807) is 0 Å². The number of benzene rings is 11. The van der Waals surface area contributed by atoms with Crippen molar-refractivity contribution in [2.24, 2.45) is 0 Å². The van der Waals surface area contributed by atoms with Gasteiger partial charge < -0.3 is 22.8 Å². The molecule has 11 aromatic carbocycles. The predicted molar refractivity (Wildman–Crippen MR) is 308 cm³/mol. The van der Waals surface area contributed by atoms with Gasteiger partial charge in [0.15, 0.2) is 0 Å². The molecule has 0 aliphatic rings. The Labute approximate surface area is 424 Å². The zero-order valence-corrected chi connectivity index (χ0v) is 40.2. The summed E-state index contributed by atoms with van der Waals surface area (Å²) in [6.07, 6.45) is 0. The highest BCUT2D eigenvalue weighted by atomic mass is 15.2. The maximum atomic E-state index is 12.9. The Balaban J connectivity index is 1.31. The summed E-state index contributed by atoms with van der Waals surface area (Å²) in [6, 6.07) is 88.6. The summed E-state index contributed by atoms with van der Waals surface area (Å²) < 4.78 is 12.3. The monoisotopic (exact) mass is 942 g/mol. The standard InChI is InChI=1S/C68H42N6/c1-42-38-39-63-52(40-42)51-28-10-19-37-62(51)71(63)65-53(41-69)64(70-54-29-11-2-20-43(54)44-21-3-12-30-55(44)70)66(72-56-31-13-4-22-45(56)46-23-5-14-32-57(46)72)68(74-60-35-17-8-26-49(60)50-27-9-18-36-61(50)74)67(65)73-58-33-15-6-24-47(58)48-25-7-16-34-59(48)73/h2-40H,1H3. The maximum Gasteiger partial charge on any atom is 0.105 e. The van der Waals surface area contributed by atoms with Gasteiger partial charge in [-0.3, -0.25) is 0 Å². The quantitative estimate of drug-likeness (QED) is 0.170. The molecule has 0 aliphatic carbocycles. The fourth-order valence-electron chi connectivity index (χ4n) is 12.8. The van der Waals surface area contributed by atoms with Crippen molar-refractivity contribution < 1.29 is 0 Å². The van der Waals surface area contributed by atoms with Crippen molar-refractivity contribution in [1.29, 1.82) is 5.26 Å². The zero-order valence-electron chi connectivity index (χ0n) is 40.2. The van der Waals surface area contributed by atoms with Crippen LogP contribution in [0.25, 0.3) is 137 Å². The molecule has 74 heavy (non-hydrogen) atoms. The van der Waals surface area contributed by atoms with Crippen LogP contribution >= 0.6 is 0 Å². The number of para-hydroxylation sites is 9. The summed E-state index contributed by atoms with van der Waals surface area (Å²) in [7, 11) is 0. The summed E-state index contributed by atoms with van der Waals surface area (Å²) in [4.78, 5) is 0. The van der Waals surface area contributed by atoms with Crippen LogP contribution in [0.4, 0.5) is 0 Å². The molecule has 0 amide bonds. The Morgan fingerprint density at radius 2 is 0.446 bits per heavy atom. The minimum atomic E-state index is 0.540. The lowest BCUT2D eigenvalue weighted by Gasteiger charge is -2.30. The van der Waals surface area contributed by atoms with E-state index in [-0.39, 0.29) is 0 Å². The number of aryl methyl sites for hydroxylation is 1. The van der Waals surface area contributed by atoms with Crippen molar-refractivity contribution in [3.8, 4) is 34.5 Å². The van der Waals surface area contributed by atoms with Crippen LogP contribution < -0.4 is 0 Å². The van der Waals surface area contributed by atoms with Crippen LogP contribution in [-0.2, 0) is 0 Å². The molecule has 0 fully saturated rings. The van der Waals surface area contributed by atoms with Crippen molar-refractivity contribution >= 4 is 109 Å². The van der Waals surface area contributed by atoms with Crippen LogP contribution in [0, 0.1) is 18.3 Å². The highest BCUT2D eigenvalue weighted by molar-refractivity contribution is 6.18. The Morgan fingerprint density at radius 1 is 0.243 bits per heavy atom. The summed E-state index contributed by atoms with van der Waals surface area (Å²) in [5.74, 6) is 0. The Hall–Kier alpha value is -10.1. The normalized spacial score (nSPS) is 12.1. The molecule has 0 bridgehead atoms. The second-order valence-electron chi connectivity index (χ2n) is 19.6. The van der Waals surface area contributed by atoms with Crippen molar-refractivity contribution in [1.82, 2.24) is 22.8 Å². The van der Waals surface area contributed by atoms with Gasteiger partial charge in [-0.15, -0.1) is 0 Å². The lowest BCUT2D eigenvalue weighted by Crippen LogP contribution is -2.18. The number of nitrogens with zero attached hydrogens (tertiary/aromatic N) is 6. The highest BCUT2D eigenvalue weighted by Crippen LogP contribution is 2.51. The van der Waals surface area contributed by atoms with E-state index in [4.69, 9.17) is 0 Å². The molecule has 0 saturated carbocycles. The third-order valence-electron chi connectivity index (χ3n) is 15.7. The van der Waals surface area contributed by atoms with Crippen LogP contribution in [0.1, 0.15) is 11.1 Å². The molecule has 16 aromatic rings. The van der Waals surface area contributed by atoms with Crippen LogP contribution in [0.2, 0.25) is 0 Å². The van der Waals surface area contributed by atoms with E-state index < -0.39 is 0 Å². The lowest BCUT2D eigenvalue weighted by molar-refractivity contribution is 0.992. The van der Waals surface area contributed by atoms with Crippen LogP contribution in [0.3, 0.4) is 0 Å². The first-order chi connectivity index (χ1) is 36.7. The minimum absolute atomic E-state index is 0.540. The molecule has 0 unspecified atom stereocenters. The van der Waals surface area contributed by atoms with Crippen molar-refractivity contribution in [2.75, 3.05) is 0 Å². The van der Waals surface area contributed by atoms with Gasteiger partial charge in [0.25, 0.3) is 0 Å². The van der Waals surface area contributed by atoms with Gasteiger partial charge >= 0.3 is 0 Å². The Bertz CT molecular complexity index is 4900. The molecule has 6 heteroatoms. The van der Waals surface area contributed by atoms with Gasteiger partial charge in [-0.1, -0.05) is 175 Å². The maximum absolute atomic E-state index is 12.9. The first kappa shape index (κ1) is 40.6. The molecule has 0 aliphatic heterocycles. The third kappa shape index (κ3) is 5.31. The molecule has 0 saturated heterocycles. The zero-order chi connectivity index (χ0) is 48.8. The summed E-state index contributed by atoms with van der Waals surface area (Å²) in [6.45, 7) is 2.16. The van der Waals surface area contributed by atoms with Crippen LogP contribution in [0.5, 0.6) is 0 Å². The molecular formula is C68H42N6. The predicted octanol–water partition coefficient (Wildman–Crippen LogP) is 17.4. The average Bonchev–Trinajstić information content (AvgIpc) is 4.25. The SMILES string of the molecule is Cc1ccc2c(c1)c1ccccc1n2-c1c(C#N)c(-n2c3ccccc3c3ccccc32)c(-n2c3ccccc3c3ccccc32)c(-n2c3ccccc3c3ccccc32)c1-n1c2ccccc2c2ccccc21. The van der Waals surface area contributed by atoms with Crippen LogP contribution in [-0.4, -0.2) is 22.8 Å². The van der Waals surface area contributed by atoms with Crippen molar-refractivity contribution in [3.05, 3.63) is 248 Å². The smallest absolute Gasteiger partial charge is 0.105 e. The summed E-state index contributed by atoms with van der Waals surface area (Å²) in [5.41, 5.74) is 16.3. The van der Waals surface area contributed by atoms with Gasteiger partial charge in [0.2, 0.25) is 0 Å². The number of hydrogen-bond acceptors (Lipinski definition) is 1. The molecule has 0 radical (unpaired) electrons. The van der Waals surface area contributed by atoms with E-state index in [9.17, 15) is 5.26 Å². The largest absolute Gasteiger partial charge is 0.306 e. The second kappa shape index (κ2) is 15.2. The van der Waals surface area contributed by atoms with E-state index in [0.717, 1.165) is 137 Å². The van der Waals surface area contributed by atoms with E-state index >= 15 is 0 Å². The number of aromatic nitrogens is 5. The van der Waals surface area contributed by atoms with E-state index in [2.05, 4.69) is 272 Å². The molecule has 6 nitrogen and oxygen atoms in total. The first-order valence-corrected chi connectivity index (χ1v) is 25.3. The van der Waals surface area contributed by atoms with Gasteiger partial charge in [0.1, 0.15) is 11.6 Å². The first-order valence-electron chi connectivity index (χ1n) is 25.3. The van der Waals surface area contributed by atoms with Gasteiger partial charge in [-0.05, 0) is 73.7 Å². The summed E-state index contributed by atoms with van der Waals surface area (Å²) in [5, 5.41) is 24.1. The van der Waals surface area contributed by atoms with Crippen molar-refractivity contribution in [3.63, 3.8) is 0 Å². The van der Waals surface area contributed by atoms with Gasteiger partial charge in [-0.2, -0.15) is 5.26 Å². The minimum Gasteiger partial charge on any atom is -0.306 e. The molecule has 0 N–H and O–H groups in total. The topological polar surface area (TPSA) is 48.4 Å². The number of rotatable bonds is 5. The molecular weight excluding hydrogens is 901 g/mol. The molecule has 0 spiro atoms. The van der Waals surface area contributed by atoms with Gasteiger partial charge in [-0.25, -0.2) is 0 Å². The molecule has 0 atom stereocenters. The molecule has 16 rings (SSSR count). The number of hydrogen-bond donors (Lipinski definition) is 0. The van der Waals surface area contributed by atoms with E-state index in [1.165, 1.54) is 5.56 Å². The molecule has 5 aromatic heterocycles. The van der Waals surface area contributed by atoms with E-state index in [0.29, 0.717) is 5.56 Å². The van der Waals surface area contributed by atoms with E-state index in [1.807, 2.05) is 0 Å². The van der Waals surface area contributed by atoms with Gasteiger partial charge in [0.05, 0.1) is 83.6 Å². The summed E-state index contributed by atoms with van der Waals surface area (Å²) >= 11 is 0. The second-order valence-corrected chi connectivity index (χ2v) is 19.6. The molecule has 344 valence electrons. The van der Waals surface area contributed by atoms with Gasteiger partial charge in [0, 0.05) is 53.9 Å². The fraction of sp³-hybridized carbons (Fsp3) is 0.0147. The Kier molecular flexibility index (Phi) is 8.35. The number of nitriles is 1. The average molecular weight is 943 g/mol. The lowest BCUT2D eigenvalue weighted by atomic mass is 10.0.